The minimum Gasteiger partial charge on any atom is -0.277 e. The third kappa shape index (κ3) is 3.50. The lowest BCUT2D eigenvalue weighted by atomic mass is 10.2. The molecule has 2 aromatic carbocycles. The number of alkyl halides is 3. The van der Waals surface area contributed by atoms with Crippen LogP contribution >= 0.6 is 11.6 Å². The predicted molar refractivity (Wildman–Crippen MR) is 73.7 cm³/mol. The van der Waals surface area contributed by atoms with Gasteiger partial charge in [-0.15, -0.1) is 0 Å². The van der Waals surface area contributed by atoms with Gasteiger partial charge in [0, 0.05) is 0 Å². The molecular weight excluding hydrogens is 346 g/mol. The van der Waals surface area contributed by atoms with Crippen LogP contribution in [-0.4, -0.2) is 8.42 Å². The summed E-state index contributed by atoms with van der Waals surface area (Å²) in [7, 11) is -4.47. The van der Waals surface area contributed by atoms with Crippen molar-refractivity contribution in [2.75, 3.05) is 4.72 Å². The van der Waals surface area contributed by atoms with E-state index in [4.69, 9.17) is 11.6 Å². The molecule has 22 heavy (non-hydrogen) atoms. The molecule has 0 bridgehead atoms. The summed E-state index contributed by atoms with van der Waals surface area (Å²) >= 11 is 5.66. The van der Waals surface area contributed by atoms with Crippen LogP contribution in [0, 0.1) is 5.82 Å². The molecule has 2 aromatic rings. The van der Waals surface area contributed by atoms with Crippen LogP contribution in [-0.2, 0) is 16.2 Å². The van der Waals surface area contributed by atoms with Crippen LogP contribution in [0.25, 0.3) is 0 Å². The van der Waals surface area contributed by atoms with Crippen molar-refractivity contribution in [3.05, 3.63) is 58.9 Å². The molecular formula is C13H8ClF4NO2S. The zero-order valence-corrected chi connectivity index (χ0v) is 12.2. The summed E-state index contributed by atoms with van der Waals surface area (Å²) in [5.41, 5.74) is -1.57. The molecule has 0 saturated heterocycles. The second-order valence-electron chi connectivity index (χ2n) is 4.23. The van der Waals surface area contributed by atoms with E-state index < -0.39 is 43.2 Å². The highest BCUT2D eigenvalue weighted by Gasteiger charge is 2.32. The van der Waals surface area contributed by atoms with Crippen molar-refractivity contribution in [2.45, 2.75) is 11.1 Å². The molecule has 118 valence electrons. The predicted octanol–water partition coefficient (Wildman–Crippen LogP) is 4.30. The Morgan fingerprint density at radius 3 is 2.27 bits per heavy atom. The van der Waals surface area contributed by atoms with Gasteiger partial charge in [0.1, 0.15) is 10.7 Å². The SMILES string of the molecule is O=S(=O)(Nc1ccccc1F)c1cc(C(F)(F)F)ccc1Cl. The zero-order valence-electron chi connectivity index (χ0n) is 10.7. The average molecular weight is 354 g/mol. The molecule has 0 saturated carbocycles. The molecule has 0 aliphatic heterocycles. The van der Waals surface area contributed by atoms with Crippen LogP contribution in [0.2, 0.25) is 5.02 Å². The topological polar surface area (TPSA) is 46.2 Å². The number of anilines is 1. The number of sulfonamides is 1. The minimum atomic E-state index is -4.73. The van der Waals surface area contributed by atoms with E-state index in [-0.39, 0.29) is 0 Å². The van der Waals surface area contributed by atoms with Gasteiger partial charge in [-0.3, -0.25) is 4.72 Å². The van der Waals surface area contributed by atoms with Crippen LogP contribution in [0.4, 0.5) is 23.2 Å². The van der Waals surface area contributed by atoms with E-state index in [2.05, 4.69) is 0 Å². The van der Waals surface area contributed by atoms with Crippen LogP contribution in [0.3, 0.4) is 0 Å². The quantitative estimate of drug-likeness (QED) is 0.836. The molecule has 0 atom stereocenters. The maximum absolute atomic E-state index is 13.5. The molecule has 9 heteroatoms. The first-order valence-corrected chi connectivity index (χ1v) is 7.61. The van der Waals surface area contributed by atoms with E-state index in [1.165, 1.54) is 12.1 Å². The molecule has 0 aliphatic rings. The molecule has 0 aliphatic carbocycles. The first kappa shape index (κ1) is 16.6. The first-order chi connectivity index (χ1) is 10.1. The number of halogens is 5. The van der Waals surface area contributed by atoms with E-state index >= 15 is 0 Å². The second kappa shape index (κ2) is 5.77. The van der Waals surface area contributed by atoms with Crippen LogP contribution in [0.1, 0.15) is 5.56 Å². The molecule has 0 aromatic heterocycles. The van der Waals surface area contributed by atoms with Gasteiger partial charge in [0.2, 0.25) is 0 Å². The van der Waals surface area contributed by atoms with E-state index in [9.17, 15) is 26.0 Å². The normalized spacial score (nSPS) is 12.2. The van der Waals surface area contributed by atoms with Crippen molar-refractivity contribution in [2.24, 2.45) is 0 Å². The fourth-order valence-electron chi connectivity index (χ4n) is 1.63. The van der Waals surface area contributed by atoms with Crippen molar-refractivity contribution in [3.8, 4) is 0 Å². The molecule has 3 nitrogen and oxygen atoms in total. The van der Waals surface area contributed by atoms with E-state index in [1.807, 2.05) is 4.72 Å². The molecule has 0 radical (unpaired) electrons. The second-order valence-corrected chi connectivity index (χ2v) is 6.29. The number of hydrogen-bond donors (Lipinski definition) is 1. The summed E-state index contributed by atoms with van der Waals surface area (Å²) in [5.74, 6) is -0.867. The summed E-state index contributed by atoms with van der Waals surface area (Å²) in [4.78, 5) is -0.785. The van der Waals surface area contributed by atoms with Crippen LogP contribution in [0.5, 0.6) is 0 Å². The average Bonchev–Trinajstić information content (AvgIpc) is 2.40. The summed E-state index contributed by atoms with van der Waals surface area (Å²) in [6.45, 7) is 0. The van der Waals surface area contributed by atoms with Crippen molar-refractivity contribution in [3.63, 3.8) is 0 Å². The van der Waals surface area contributed by atoms with E-state index in [1.54, 1.807) is 0 Å². The van der Waals surface area contributed by atoms with Crippen LogP contribution < -0.4 is 4.72 Å². The Balaban J connectivity index is 2.48. The lowest BCUT2D eigenvalue weighted by Crippen LogP contribution is -2.16. The lowest BCUT2D eigenvalue weighted by molar-refractivity contribution is -0.137. The van der Waals surface area contributed by atoms with E-state index in [0.717, 1.165) is 18.2 Å². The van der Waals surface area contributed by atoms with Gasteiger partial charge >= 0.3 is 6.18 Å². The van der Waals surface area contributed by atoms with Crippen LogP contribution in [0.15, 0.2) is 47.4 Å². The third-order valence-corrected chi connectivity index (χ3v) is 4.51. The fourth-order valence-corrected chi connectivity index (χ4v) is 3.22. The molecule has 0 amide bonds. The highest BCUT2D eigenvalue weighted by Crippen LogP contribution is 2.34. The molecule has 1 N–H and O–H groups in total. The Bertz CT molecular complexity index is 806. The Morgan fingerprint density at radius 1 is 1.05 bits per heavy atom. The molecule has 0 fully saturated rings. The van der Waals surface area contributed by atoms with Gasteiger partial charge in [-0.1, -0.05) is 23.7 Å². The number of hydrogen-bond acceptors (Lipinski definition) is 2. The maximum atomic E-state index is 13.5. The first-order valence-electron chi connectivity index (χ1n) is 5.75. The molecule has 2 rings (SSSR count). The Hall–Kier alpha value is -1.80. The summed E-state index contributed by atoms with van der Waals surface area (Å²) < 4.78 is 77.6. The standard InChI is InChI=1S/C13H8ClF4NO2S/c14-9-6-5-8(13(16,17)18)7-12(9)22(20,21)19-11-4-2-1-3-10(11)15/h1-7,19H. The molecule has 0 spiro atoms. The summed E-state index contributed by atoms with van der Waals surface area (Å²) in [6, 6.07) is 6.72. The number of benzene rings is 2. The highest BCUT2D eigenvalue weighted by atomic mass is 35.5. The minimum absolute atomic E-state index is 0.393. The van der Waals surface area contributed by atoms with Gasteiger partial charge in [0.05, 0.1) is 16.3 Å². The maximum Gasteiger partial charge on any atom is 0.416 e. The largest absolute Gasteiger partial charge is 0.416 e. The van der Waals surface area contributed by atoms with Crippen molar-refractivity contribution < 1.29 is 26.0 Å². The summed E-state index contributed by atoms with van der Waals surface area (Å²) in [5, 5.41) is -0.406. The number of nitrogens with one attached hydrogen (secondary N) is 1. The zero-order chi connectivity index (χ0) is 16.5. The van der Waals surface area contributed by atoms with Gasteiger partial charge < -0.3 is 0 Å². The van der Waals surface area contributed by atoms with Gasteiger partial charge in [0.25, 0.3) is 10.0 Å². The van der Waals surface area contributed by atoms with Gasteiger partial charge in [-0.05, 0) is 30.3 Å². The van der Waals surface area contributed by atoms with Gasteiger partial charge in [-0.25, -0.2) is 12.8 Å². The van der Waals surface area contributed by atoms with Crippen molar-refractivity contribution in [1.82, 2.24) is 0 Å². The monoisotopic (exact) mass is 353 g/mol. The highest BCUT2D eigenvalue weighted by molar-refractivity contribution is 7.92. The van der Waals surface area contributed by atoms with Crippen molar-refractivity contribution >= 4 is 27.3 Å². The van der Waals surface area contributed by atoms with Crippen molar-refractivity contribution in [1.29, 1.82) is 0 Å². The molecule has 0 unspecified atom stereocenters. The third-order valence-electron chi connectivity index (χ3n) is 2.67. The Kier molecular flexibility index (Phi) is 4.35. The summed E-state index contributed by atoms with van der Waals surface area (Å²) in [6.07, 6.45) is -4.73. The Morgan fingerprint density at radius 2 is 1.68 bits per heavy atom. The van der Waals surface area contributed by atoms with Gasteiger partial charge in [0.15, 0.2) is 0 Å². The number of para-hydroxylation sites is 1. The fraction of sp³-hybridized carbons (Fsp3) is 0.0769. The van der Waals surface area contributed by atoms with E-state index in [0.29, 0.717) is 12.1 Å². The smallest absolute Gasteiger partial charge is 0.277 e. The van der Waals surface area contributed by atoms with Gasteiger partial charge in [-0.2, -0.15) is 13.2 Å². The Labute approximate surface area is 128 Å². The number of rotatable bonds is 3. The lowest BCUT2D eigenvalue weighted by Gasteiger charge is -2.13. The molecule has 0 heterocycles.